The molecule has 1 unspecified atom stereocenters. The lowest BCUT2D eigenvalue weighted by molar-refractivity contribution is -0.121. The number of carbonyl (C=O) groups excluding carboxylic acids is 5. The molecular weight excluding hydrogens is 773 g/mol. The van der Waals surface area contributed by atoms with Gasteiger partial charge >= 0.3 is 0 Å². The third-order valence-corrected chi connectivity index (χ3v) is 12.0. The number of nitrogens with one attached hydrogen (secondary N) is 3. The van der Waals surface area contributed by atoms with Gasteiger partial charge in [-0.15, -0.1) is 0 Å². The number of likely N-dealkylation sites (N-methyl/N-ethyl adjacent to an activating group) is 1. The number of amides is 3. The van der Waals surface area contributed by atoms with Crippen molar-refractivity contribution in [2.45, 2.75) is 77.9 Å². The predicted molar refractivity (Wildman–Crippen MR) is 239 cm³/mol. The Hall–Kier alpha value is -5.93. The highest BCUT2D eigenvalue weighted by molar-refractivity contribution is 6.06. The molecule has 0 spiro atoms. The Balaban J connectivity index is 0.00000307. The van der Waals surface area contributed by atoms with E-state index in [0.717, 1.165) is 98.3 Å². The number of aldehydes is 2. The molecule has 3 amide bonds. The largest absolute Gasteiger partial charge is 0.369 e. The van der Waals surface area contributed by atoms with Crippen molar-refractivity contribution in [2.24, 2.45) is 0 Å². The van der Waals surface area contributed by atoms with Crippen molar-refractivity contribution in [3.05, 3.63) is 82.8 Å². The first-order valence-corrected chi connectivity index (χ1v) is 21.5. The molecule has 5 aromatic rings. The van der Waals surface area contributed by atoms with E-state index in [0.29, 0.717) is 30.0 Å². The van der Waals surface area contributed by atoms with Gasteiger partial charge in [0.05, 0.1) is 28.3 Å². The van der Waals surface area contributed by atoms with Crippen LogP contribution in [0.4, 0.5) is 11.5 Å². The van der Waals surface area contributed by atoms with Crippen LogP contribution in [0, 0.1) is 6.92 Å². The second-order valence-electron chi connectivity index (χ2n) is 15.8. The van der Waals surface area contributed by atoms with Crippen molar-refractivity contribution in [3.63, 3.8) is 0 Å². The second kappa shape index (κ2) is 20.6. The summed E-state index contributed by atoms with van der Waals surface area (Å²) in [7, 11) is 5.18. The first-order valence-electron chi connectivity index (χ1n) is 21.5. The molecule has 15 heteroatoms. The number of piperazine rings is 1. The Bertz CT molecular complexity index is 2350. The summed E-state index contributed by atoms with van der Waals surface area (Å²) in [6.07, 6.45) is 7.66. The second-order valence-corrected chi connectivity index (χ2v) is 15.8. The van der Waals surface area contributed by atoms with Gasteiger partial charge in [-0.05, 0) is 95.6 Å². The molecule has 5 heterocycles. The summed E-state index contributed by atoms with van der Waals surface area (Å²) in [6, 6.07) is 14.6. The number of benzene rings is 2. The predicted octanol–water partition coefficient (Wildman–Crippen LogP) is 5.85. The first kappa shape index (κ1) is 44.6. The minimum absolute atomic E-state index is 0.109. The van der Waals surface area contributed by atoms with Crippen molar-refractivity contribution in [1.29, 1.82) is 0 Å². The van der Waals surface area contributed by atoms with E-state index < -0.39 is 11.9 Å². The molecule has 2 aliphatic rings. The molecule has 0 saturated carbocycles. The van der Waals surface area contributed by atoms with Gasteiger partial charge in [-0.3, -0.25) is 33.7 Å². The van der Waals surface area contributed by atoms with Crippen molar-refractivity contribution >= 4 is 63.6 Å². The van der Waals surface area contributed by atoms with Crippen LogP contribution < -0.4 is 15.5 Å². The summed E-state index contributed by atoms with van der Waals surface area (Å²) in [4.78, 5) is 78.6. The molecule has 2 fully saturated rings. The molecule has 7 rings (SSSR count). The van der Waals surface area contributed by atoms with E-state index in [1.54, 1.807) is 12.1 Å². The Kier molecular flexibility index (Phi) is 15.0. The fourth-order valence-corrected chi connectivity index (χ4v) is 8.40. The van der Waals surface area contributed by atoms with Crippen LogP contribution in [0.5, 0.6) is 0 Å². The normalized spacial score (nSPS) is 16.2. The molecule has 2 aliphatic heterocycles. The Morgan fingerprint density at radius 2 is 1.75 bits per heavy atom. The minimum Gasteiger partial charge on any atom is -0.369 e. The zero-order chi connectivity index (χ0) is 43.6. The monoisotopic (exact) mass is 832 g/mol. The van der Waals surface area contributed by atoms with Crippen LogP contribution in [0.1, 0.15) is 101 Å². The summed E-state index contributed by atoms with van der Waals surface area (Å²) in [5.41, 5.74) is 5.90. The molecule has 2 saturated heterocycles. The molecule has 15 nitrogen and oxygen atoms in total. The molecule has 2 aromatic carbocycles. The third-order valence-electron chi connectivity index (χ3n) is 12.0. The number of unbranched alkanes of at least 4 members (excludes halogenated alkanes) is 1. The molecule has 61 heavy (non-hydrogen) atoms. The summed E-state index contributed by atoms with van der Waals surface area (Å²) < 4.78 is 2.00. The molecule has 3 aromatic heterocycles. The standard InChI is InChI=1S/C44H54N10O5.C2H6/c1-29-35-12-9-30(43(58)48-41-25-37-31(26-46-41)23-38(47-37)39-8-7-15-50(39)3)24-40(35)54(49-29)17-6-5-16-52-18-20-53(21-19-52)33-10-13-36(32(22-33)27-55)44(59)51(4)34(28-56)11-14-42(57)45-2;1-2/h9-10,12-13,22-28,34,39,47H,5-8,11,14-21H2,1-4H3,(H,45,57)(H,46,48,58);1-2H3/t34?,39-;/m0./s1. The molecule has 324 valence electrons. The van der Waals surface area contributed by atoms with Gasteiger partial charge < -0.3 is 30.2 Å². The maximum Gasteiger partial charge on any atom is 0.256 e. The van der Waals surface area contributed by atoms with E-state index in [-0.39, 0.29) is 35.8 Å². The van der Waals surface area contributed by atoms with Gasteiger partial charge in [-0.2, -0.15) is 5.10 Å². The van der Waals surface area contributed by atoms with E-state index >= 15 is 0 Å². The average molecular weight is 833 g/mol. The summed E-state index contributed by atoms with van der Waals surface area (Å²) in [6.45, 7) is 12.0. The van der Waals surface area contributed by atoms with Crippen molar-refractivity contribution < 1.29 is 24.0 Å². The molecule has 0 radical (unpaired) electrons. The molecular formula is C46H60N10O5. The number of hydrogen-bond acceptors (Lipinski definition) is 10. The van der Waals surface area contributed by atoms with Crippen LogP contribution in [-0.4, -0.2) is 131 Å². The number of aryl methyl sites for hydroxylation is 2. The van der Waals surface area contributed by atoms with Gasteiger partial charge in [0.15, 0.2) is 6.29 Å². The van der Waals surface area contributed by atoms with Crippen LogP contribution >= 0.6 is 0 Å². The number of carbonyl (C=O) groups is 5. The van der Waals surface area contributed by atoms with Crippen LogP contribution in [0.2, 0.25) is 0 Å². The minimum atomic E-state index is -0.783. The van der Waals surface area contributed by atoms with Crippen molar-refractivity contribution in [1.82, 2.24) is 39.8 Å². The van der Waals surface area contributed by atoms with Crippen molar-refractivity contribution in [2.75, 3.05) is 70.6 Å². The van der Waals surface area contributed by atoms with Crippen molar-refractivity contribution in [3.8, 4) is 0 Å². The number of nitrogens with zero attached hydrogens (tertiary/aromatic N) is 7. The van der Waals surface area contributed by atoms with E-state index in [4.69, 9.17) is 5.10 Å². The SMILES string of the molecule is CC.CNC(=O)CCC(C=O)N(C)C(=O)c1ccc(N2CCN(CCCCn3nc(C)c4ccc(C(=O)Nc5cc6[nH]c([C@@H]7CCCN7C)cc6cn5)cc43)CC2)cc1C=O. The highest BCUT2D eigenvalue weighted by atomic mass is 16.2. The number of rotatable bonds is 16. The van der Waals surface area contributed by atoms with Gasteiger partial charge in [-0.25, -0.2) is 4.98 Å². The summed E-state index contributed by atoms with van der Waals surface area (Å²) in [5.74, 6) is -0.374. The lowest BCUT2D eigenvalue weighted by Gasteiger charge is -2.36. The van der Waals surface area contributed by atoms with E-state index in [2.05, 4.69) is 48.4 Å². The van der Waals surface area contributed by atoms with Gasteiger partial charge in [-0.1, -0.05) is 19.9 Å². The fraction of sp³-hybridized carbons (Fsp3) is 0.457. The zero-order valence-corrected chi connectivity index (χ0v) is 36.4. The zero-order valence-electron chi connectivity index (χ0n) is 36.4. The van der Waals surface area contributed by atoms with E-state index in [1.165, 1.54) is 31.1 Å². The van der Waals surface area contributed by atoms with Crippen LogP contribution in [0.15, 0.2) is 54.7 Å². The number of likely N-dealkylation sites (tertiary alicyclic amines) is 1. The Morgan fingerprint density at radius 1 is 0.984 bits per heavy atom. The topological polar surface area (TPSA) is 169 Å². The highest BCUT2D eigenvalue weighted by Gasteiger charge is 2.26. The molecule has 0 aliphatic carbocycles. The Morgan fingerprint density at radius 3 is 2.46 bits per heavy atom. The lowest BCUT2D eigenvalue weighted by Crippen LogP contribution is -2.46. The van der Waals surface area contributed by atoms with Crippen LogP contribution in [0.25, 0.3) is 21.8 Å². The molecule has 0 bridgehead atoms. The number of hydrogen-bond donors (Lipinski definition) is 3. The molecule has 2 atom stereocenters. The van der Waals surface area contributed by atoms with Crippen LogP contribution in [0.3, 0.4) is 0 Å². The Labute approximate surface area is 357 Å². The highest BCUT2D eigenvalue weighted by Crippen LogP contribution is 2.32. The average Bonchev–Trinajstić information content (AvgIpc) is 4.01. The maximum atomic E-state index is 13.4. The van der Waals surface area contributed by atoms with Gasteiger partial charge in [0.1, 0.15) is 12.1 Å². The number of aromatic nitrogens is 4. The number of anilines is 2. The van der Waals surface area contributed by atoms with Crippen LogP contribution in [-0.2, 0) is 16.1 Å². The number of fused-ring (bicyclic) bond motifs is 2. The van der Waals surface area contributed by atoms with E-state index in [9.17, 15) is 24.0 Å². The number of pyridine rings is 1. The van der Waals surface area contributed by atoms with Gasteiger partial charge in [0, 0.05) is 105 Å². The smallest absolute Gasteiger partial charge is 0.256 e. The maximum absolute atomic E-state index is 13.4. The fourth-order valence-electron chi connectivity index (χ4n) is 8.40. The molecule has 3 N–H and O–H groups in total. The van der Waals surface area contributed by atoms with E-state index in [1.807, 2.05) is 62.0 Å². The summed E-state index contributed by atoms with van der Waals surface area (Å²) >= 11 is 0. The lowest BCUT2D eigenvalue weighted by atomic mass is 10.0. The quantitative estimate of drug-likeness (QED) is 0.0811. The first-order chi connectivity index (χ1) is 29.6. The third kappa shape index (κ3) is 10.3. The van der Waals surface area contributed by atoms with Gasteiger partial charge in [0.2, 0.25) is 5.91 Å². The van der Waals surface area contributed by atoms with Gasteiger partial charge in [0.25, 0.3) is 11.8 Å². The summed E-state index contributed by atoms with van der Waals surface area (Å²) in [5, 5.41) is 12.4. The number of H-pyrrole nitrogens is 1. The number of aromatic amines is 1.